The quantitative estimate of drug-likeness (QED) is 0.267. The second kappa shape index (κ2) is 7.97. The summed E-state index contributed by atoms with van der Waals surface area (Å²) < 4.78 is 33.1. The molecule has 2 heterocycles. The molecular formula is C23H12F2N2O3S. The molecule has 1 aliphatic heterocycles. The zero-order valence-electron chi connectivity index (χ0n) is 15.7. The van der Waals surface area contributed by atoms with Gasteiger partial charge in [0.15, 0.2) is 10.9 Å². The van der Waals surface area contributed by atoms with Gasteiger partial charge in [0, 0.05) is 0 Å². The van der Waals surface area contributed by atoms with E-state index in [-0.39, 0.29) is 33.6 Å². The summed E-state index contributed by atoms with van der Waals surface area (Å²) in [6, 6.07) is 13.3. The van der Waals surface area contributed by atoms with Gasteiger partial charge in [0.1, 0.15) is 23.0 Å². The van der Waals surface area contributed by atoms with Crippen LogP contribution >= 0.6 is 12.2 Å². The molecule has 0 aliphatic carbocycles. The molecule has 0 spiro atoms. The number of halogens is 2. The van der Waals surface area contributed by atoms with Crippen molar-refractivity contribution in [2.75, 3.05) is 9.80 Å². The Morgan fingerprint density at radius 1 is 0.903 bits per heavy atom. The van der Waals surface area contributed by atoms with E-state index in [0.717, 1.165) is 21.9 Å². The smallest absolute Gasteiger partial charge is 0.270 e. The van der Waals surface area contributed by atoms with Gasteiger partial charge in [-0.1, -0.05) is 12.1 Å². The summed E-state index contributed by atoms with van der Waals surface area (Å²) in [4.78, 5) is 28.5. The van der Waals surface area contributed by atoms with Crippen LogP contribution in [0.25, 0.3) is 6.08 Å². The van der Waals surface area contributed by atoms with E-state index in [1.54, 1.807) is 0 Å². The molecule has 4 rings (SSSR count). The zero-order valence-corrected chi connectivity index (χ0v) is 16.5. The summed E-state index contributed by atoms with van der Waals surface area (Å²) in [5.74, 6) is -0.0914. The van der Waals surface area contributed by atoms with Gasteiger partial charge < -0.3 is 4.42 Å². The summed E-state index contributed by atoms with van der Waals surface area (Å²) in [7, 11) is 0. The number of hydrogen-bond donors (Lipinski definition) is 0. The summed E-state index contributed by atoms with van der Waals surface area (Å²) in [5, 5.41) is -0.243. The number of carbonyl (C=O) groups is 2. The predicted molar refractivity (Wildman–Crippen MR) is 115 cm³/mol. The SMILES string of the molecule is C#Cc1ccc(C=C2C(=O)N(c3cccc(F)c3)C(=S)N(c3cccc(F)c3)C2=O)o1. The number of terminal acetylenes is 1. The van der Waals surface area contributed by atoms with Crippen molar-refractivity contribution in [2.24, 2.45) is 0 Å². The normalized spacial score (nSPS) is 14.1. The van der Waals surface area contributed by atoms with Gasteiger partial charge >= 0.3 is 0 Å². The maximum Gasteiger partial charge on any atom is 0.270 e. The van der Waals surface area contributed by atoms with Gasteiger partial charge in [0.25, 0.3) is 11.8 Å². The van der Waals surface area contributed by atoms with Crippen LogP contribution in [0.5, 0.6) is 0 Å². The molecule has 8 heteroatoms. The second-order valence-corrected chi connectivity index (χ2v) is 6.79. The maximum atomic E-state index is 13.9. The van der Waals surface area contributed by atoms with E-state index in [4.69, 9.17) is 23.1 Å². The van der Waals surface area contributed by atoms with Crippen molar-refractivity contribution in [3.63, 3.8) is 0 Å². The number of benzene rings is 2. The molecule has 1 aromatic heterocycles. The van der Waals surface area contributed by atoms with Crippen LogP contribution in [0.1, 0.15) is 11.5 Å². The molecule has 31 heavy (non-hydrogen) atoms. The molecule has 0 bridgehead atoms. The molecule has 1 saturated heterocycles. The molecule has 0 radical (unpaired) electrons. The molecule has 2 aromatic carbocycles. The summed E-state index contributed by atoms with van der Waals surface area (Å²) >= 11 is 5.38. The van der Waals surface area contributed by atoms with Gasteiger partial charge in [0.2, 0.25) is 0 Å². The van der Waals surface area contributed by atoms with Crippen molar-refractivity contribution in [1.29, 1.82) is 0 Å². The molecular weight excluding hydrogens is 422 g/mol. The van der Waals surface area contributed by atoms with Gasteiger partial charge in [-0.3, -0.25) is 19.4 Å². The Morgan fingerprint density at radius 2 is 1.45 bits per heavy atom. The first kappa shape index (κ1) is 20.2. The number of hydrogen-bond acceptors (Lipinski definition) is 4. The van der Waals surface area contributed by atoms with E-state index < -0.39 is 23.4 Å². The van der Waals surface area contributed by atoms with E-state index in [1.165, 1.54) is 54.6 Å². The average Bonchev–Trinajstić information content (AvgIpc) is 3.19. The van der Waals surface area contributed by atoms with Gasteiger partial charge in [-0.25, -0.2) is 8.78 Å². The fraction of sp³-hybridized carbons (Fsp3) is 0. The van der Waals surface area contributed by atoms with Crippen molar-refractivity contribution in [3.05, 3.63) is 89.4 Å². The molecule has 1 fully saturated rings. The lowest BCUT2D eigenvalue weighted by atomic mass is 10.1. The highest BCUT2D eigenvalue weighted by molar-refractivity contribution is 7.81. The lowest BCUT2D eigenvalue weighted by Crippen LogP contribution is -2.57. The van der Waals surface area contributed by atoms with Crippen LogP contribution < -0.4 is 9.80 Å². The van der Waals surface area contributed by atoms with Crippen molar-refractivity contribution in [3.8, 4) is 12.3 Å². The Balaban J connectivity index is 1.88. The fourth-order valence-electron chi connectivity index (χ4n) is 3.07. The summed E-state index contributed by atoms with van der Waals surface area (Å²) in [6.45, 7) is 0. The Labute approximate surface area is 181 Å². The molecule has 3 aromatic rings. The van der Waals surface area contributed by atoms with Gasteiger partial charge in [-0.2, -0.15) is 0 Å². The highest BCUT2D eigenvalue weighted by Crippen LogP contribution is 2.30. The van der Waals surface area contributed by atoms with Crippen LogP contribution in [0.4, 0.5) is 20.2 Å². The topological polar surface area (TPSA) is 53.8 Å². The average molecular weight is 434 g/mol. The Bertz CT molecular complexity index is 1240. The number of amides is 2. The predicted octanol–water partition coefficient (Wildman–Crippen LogP) is 4.29. The first-order valence-electron chi connectivity index (χ1n) is 8.91. The minimum absolute atomic E-state index is 0.110. The lowest BCUT2D eigenvalue weighted by molar-refractivity contribution is -0.120. The maximum absolute atomic E-state index is 13.9. The molecule has 0 unspecified atom stereocenters. The van der Waals surface area contributed by atoms with E-state index in [9.17, 15) is 18.4 Å². The van der Waals surface area contributed by atoms with E-state index in [0.29, 0.717) is 0 Å². The minimum atomic E-state index is -0.785. The zero-order chi connectivity index (χ0) is 22.1. The number of anilines is 2. The molecule has 152 valence electrons. The van der Waals surface area contributed by atoms with Gasteiger partial charge in [-0.05, 0) is 72.7 Å². The highest BCUT2D eigenvalue weighted by atomic mass is 32.1. The largest absolute Gasteiger partial charge is 0.448 e. The number of thiocarbonyl (C=S) groups is 1. The molecule has 2 amide bonds. The van der Waals surface area contributed by atoms with E-state index in [1.807, 2.05) is 0 Å². The Hall–Kier alpha value is -4.09. The highest BCUT2D eigenvalue weighted by Gasteiger charge is 2.41. The van der Waals surface area contributed by atoms with Gasteiger partial charge in [-0.15, -0.1) is 6.42 Å². The summed E-state index contributed by atoms with van der Waals surface area (Å²) in [6.07, 6.45) is 6.50. The molecule has 0 N–H and O–H groups in total. The third-order valence-corrected chi connectivity index (χ3v) is 4.80. The van der Waals surface area contributed by atoms with Crippen LogP contribution in [0.15, 0.2) is 70.7 Å². The number of rotatable bonds is 3. The van der Waals surface area contributed by atoms with E-state index >= 15 is 0 Å². The van der Waals surface area contributed by atoms with Gasteiger partial charge in [0.05, 0.1) is 11.4 Å². The molecule has 1 aliphatic rings. The monoisotopic (exact) mass is 434 g/mol. The molecule has 0 atom stereocenters. The molecule has 5 nitrogen and oxygen atoms in total. The fourth-order valence-corrected chi connectivity index (χ4v) is 3.44. The van der Waals surface area contributed by atoms with Crippen LogP contribution in [-0.4, -0.2) is 16.9 Å². The Morgan fingerprint density at radius 3 is 1.90 bits per heavy atom. The van der Waals surface area contributed by atoms with Crippen molar-refractivity contribution >= 4 is 46.6 Å². The lowest BCUT2D eigenvalue weighted by Gasteiger charge is -2.36. The van der Waals surface area contributed by atoms with Crippen LogP contribution in [0.2, 0.25) is 0 Å². The minimum Gasteiger partial charge on any atom is -0.448 e. The number of furan rings is 1. The van der Waals surface area contributed by atoms with Crippen molar-refractivity contribution < 1.29 is 22.8 Å². The number of carbonyl (C=O) groups excluding carboxylic acids is 2. The third kappa shape index (κ3) is 3.74. The first-order valence-corrected chi connectivity index (χ1v) is 9.32. The first-order chi connectivity index (χ1) is 14.9. The van der Waals surface area contributed by atoms with Crippen LogP contribution in [0.3, 0.4) is 0 Å². The second-order valence-electron chi connectivity index (χ2n) is 6.43. The number of nitrogens with zero attached hydrogens (tertiary/aromatic N) is 2. The van der Waals surface area contributed by atoms with Crippen molar-refractivity contribution in [2.45, 2.75) is 0 Å². The Kier molecular flexibility index (Phi) is 5.19. The summed E-state index contributed by atoms with van der Waals surface area (Å²) in [5.41, 5.74) is -0.0998. The van der Waals surface area contributed by atoms with Crippen LogP contribution in [0, 0.1) is 24.0 Å². The van der Waals surface area contributed by atoms with Crippen molar-refractivity contribution in [1.82, 2.24) is 0 Å². The van der Waals surface area contributed by atoms with E-state index in [2.05, 4.69) is 5.92 Å². The third-order valence-electron chi connectivity index (χ3n) is 4.44. The standard InChI is InChI=1S/C23H12F2N2O3S/c1-2-18-9-10-19(30-18)13-20-21(28)26(16-7-3-5-14(24)11-16)23(31)27(22(20)29)17-8-4-6-15(25)12-17/h1,3-13H. The van der Waals surface area contributed by atoms with Crippen LogP contribution in [-0.2, 0) is 9.59 Å². The molecule has 0 saturated carbocycles.